The first kappa shape index (κ1) is 7.16. The molecule has 1 heterocycles. The molecule has 0 saturated carbocycles. The average molecular weight is 162 g/mol. The molecule has 1 aromatic carbocycles. The molecule has 3 heteroatoms. The number of hydrogen-bond donors (Lipinski definition) is 1. The van der Waals surface area contributed by atoms with E-state index in [2.05, 4.69) is 4.98 Å². The SMILES string of the molecule is Cc1ccc2nc(N)oc2c1C. The Morgan fingerprint density at radius 3 is 2.83 bits per heavy atom. The van der Waals surface area contributed by atoms with Crippen LogP contribution in [0.2, 0.25) is 0 Å². The van der Waals surface area contributed by atoms with Crippen LogP contribution in [0.1, 0.15) is 11.1 Å². The number of aryl methyl sites for hydroxylation is 2. The standard InChI is InChI=1S/C9H10N2O/c1-5-3-4-7-8(6(5)2)12-9(10)11-7/h3-4H,1-2H3,(H2,10,11). The minimum Gasteiger partial charge on any atom is -0.423 e. The maximum atomic E-state index is 5.43. The number of oxazole rings is 1. The summed E-state index contributed by atoms with van der Waals surface area (Å²) in [6.45, 7) is 4.04. The highest BCUT2D eigenvalue weighted by molar-refractivity contribution is 5.78. The molecule has 1 aromatic heterocycles. The van der Waals surface area contributed by atoms with Gasteiger partial charge in [0.15, 0.2) is 5.58 Å². The van der Waals surface area contributed by atoms with Crippen LogP contribution < -0.4 is 5.73 Å². The van der Waals surface area contributed by atoms with Gasteiger partial charge < -0.3 is 10.2 Å². The van der Waals surface area contributed by atoms with Gasteiger partial charge in [-0.1, -0.05) is 6.07 Å². The first-order valence-electron chi connectivity index (χ1n) is 3.80. The molecule has 62 valence electrons. The summed E-state index contributed by atoms with van der Waals surface area (Å²) >= 11 is 0. The second-order valence-corrected chi connectivity index (χ2v) is 2.91. The van der Waals surface area contributed by atoms with Gasteiger partial charge in [-0.15, -0.1) is 0 Å². The molecule has 0 radical (unpaired) electrons. The fourth-order valence-corrected chi connectivity index (χ4v) is 1.24. The summed E-state index contributed by atoms with van der Waals surface area (Å²) in [6.07, 6.45) is 0. The summed E-state index contributed by atoms with van der Waals surface area (Å²) in [7, 11) is 0. The molecule has 0 saturated heterocycles. The lowest BCUT2D eigenvalue weighted by Crippen LogP contribution is -1.80. The first-order valence-corrected chi connectivity index (χ1v) is 3.80. The van der Waals surface area contributed by atoms with E-state index in [1.807, 2.05) is 26.0 Å². The van der Waals surface area contributed by atoms with E-state index in [1.165, 1.54) is 5.56 Å². The van der Waals surface area contributed by atoms with Crippen molar-refractivity contribution in [3.63, 3.8) is 0 Å². The van der Waals surface area contributed by atoms with Crippen LogP contribution in [0.25, 0.3) is 11.1 Å². The van der Waals surface area contributed by atoms with Crippen LogP contribution in [0.3, 0.4) is 0 Å². The largest absolute Gasteiger partial charge is 0.423 e. The Balaban J connectivity index is 2.89. The second kappa shape index (κ2) is 2.24. The van der Waals surface area contributed by atoms with Gasteiger partial charge in [0.2, 0.25) is 0 Å². The van der Waals surface area contributed by atoms with Crippen molar-refractivity contribution in [3.8, 4) is 0 Å². The monoisotopic (exact) mass is 162 g/mol. The number of nitrogen functional groups attached to an aromatic ring is 1. The van der Waals surface area contributed by atoms with E-state index in [0.29, 0.717) is 0 Å². The van der Waals surface area contributed by atoms with E-state index in [4.69, 9.17) is 10.2 Å². The number of hydrogen-bond acceptors (Lipinski definition) is 3. The van der Waals surface area contributed by atoms with Crippen LogP contribution in [-0.2, 0) is 0 Å². The molecule has 12 heavy (non-hydrogen) atoms. The molecule has 3 nitrogen and oxygen atoms in total. The number of benzene rings is 1. The molecule has 2 rings (SSSR count). The third kappa shape index (κ3) is 0.863. The first-order chi connectivity index (χ1) is 5.68. The quantitative estimate of drug-likeness (QED) is 0.644. The second-order valence-electron chi connectivity index (χ2n) is 2.91. The van der Waals surface area contributed by atoms with Crippen LogP contribution in [0.15, 0.2) is 16.5 Å². The molecule has 0 bridgehead atoms. The van der Waals surface area contributed by atoms with Crippen molar-refractivity contribution in [1.29, 1.82) is 0 Å². The molecule has 0 unspecified atom stereocenters. The molecule has 0 aliphatic rings. The van der Waals surface area contributed by atoms with Gasteiger partial charge in [0.05, 0.1) is 0 Å². The van der Waals surface area contributed by atoms with Crippen LogP contribution in [0.5, 0.6) is 0 Å². The van der Waals surface area contributed by atoms with Crippen LogP contribution in [0, 0.1) is 13.8 Å². The van der Waals surface area contributed by atoms with E-state index in [9.17, 15) is 0 Å². The highest BCUT2D eigenvalue weighted by atomic mass is 16.4. The topological polar surface area (TPSA) is 52.0 Å². The minimum atomic E-state index is 0.235. The summed E-state index contributed by atoms with van der Waals surface area (Å²) in [5, 5.41) is 0. The zero-order valence-electron chi connectivity index (χ0n) is 7.09. The van der Waals surface area contributed by atoms with Gasteiger partial charge >= 0.3 is 0 Å². The Bertz CT molecular complexity index is 431. The summed E-state index contributed by atoms with van der Waals surface area (Å²) in [5.74, 6) is 0. The van der Waals surface area contributed by atoms with Crippen molar-refractivity contribution >= 4 is 17.1 Å². The highest BCUT2D eigenvalue weighted by Crippen LogP contribution is 2.22. The van der Waals surface area contributed by atoms with Crippen molar-refractivity contribution in [3.05, 3.63) is 23.3 Å². The zero-order chi connectivity index (χ0) is 8.72. The molecule has 2 aromatic rings. The smallest absolute Gasteiger partial charge is 0.292 e. The number of fused-ring (bicyclic) bond motifs is 1. The van der Waals surface area contributed by atoms with Gasteiger partial charge in [0.25, 0.3) is 6.01 Å². The molecule has 0 aliphatic heterocycles. The third-order valence-electron chi connectivity index (χ3n) is 2.09. The van der Waals surface area contributed by atoms with Gasteiger partial charge in [-0.25, -0.2) is 0 Å². The molecular formula is C9H10N2O. The molecular weight excluding hydrogens is 152 g/mol. The Morgan fingerprint density at radius 2 is 2.08 bits per heavy atom. The molecule has 0 fully saturated rings. The van der Waals surface area contributed by atoms with Crippen LogP contribution in [-0.4, -0.2) is 4.98 Å². The van der Waals surface area contributed by atoms with Gasteiger partial charge in [-0.2, -0.15) is 4.98 Å². The molecule has 0 aliphatic carbocycles. The van der Waals surface area contributed by atoms with Gasteiger partial charge in [0, 0.05) is 0 Å². The molecule has 2 N–H and O–H groups in total. The summed E-state index contributed by atoms with van der Waals surface area (Å²) in [5.41, 5.74) is 9.36. The van der Waals surface area contributed by atoms with E-state index < -0.39 is 0 Å². The number of aromatic nitrogens is 1. The third-order valence-corrected chi connectivity index (χ3v) is 2.09. The summed E-state index contributed by atoms with van der Waals surface area (Å²) in [4.78, 5) is 4.03. The zero-order valence-corrected chi connectivity index (χ0v) is 7.09. The Morgan fingerprint density at radius 1 is 1.33 bits per heavy atom. The normalized spacial score (nSPS) is 10.8. The Labute approximate surface area is 70.2 Å². The predicted molar refractivity (Wildman–Crippen MR) is 47.9 cm³/mol. The van der Waals surface area contributed by atoms with Crippen molar-refractivity contribution in [2.24, 2.45) is 0 Å². The highest BCUT2D eigenvalue weighted by Gasteiger charge is 2.06. The van der Waals surface area contributed by atoms with E-state index in [1.54, 1.807) is 0 Å². The number of rotatable bonds is 0. The van der Waals surface area contributed by atoms with Crippen LogP contribution >= 0.6 is 0 Å². The van der Waals surface area contributed by atoms with Crippen molar-refractivity contribution < 1.29 is 4.42 Å². The maximum absolute atomic E-state index is 5.43. The maximum Gasteiger partial charge on any atom is 0.292 e. The number of nitrogens with zero attached hydrogens (tertiary/aromatic N) is 1. The fourth-order valence-electron chi connectivity index (χ4n) is 1.24. The van der Waals surface area contributed by atoms with Crippen molar-refractivity contribution in [2.75, 3.05) is 5.73 Å². The number of anilines is 1. The van der Waals surface area contributed by atoms with Gasteiger partial charge in [-0.3, -0.25) is 0 Å². The van der Waals surface area contributed by atoms with E-state index in [0.717, 1.165) is 16.7 Å². The molecule has 0 atom stereocenters. The number of nitrogens with two attached hydrogens (primary N) is 1. The Kier molecular flexibility index (Phi) is 1.33. The Hall–Kier alpha value is -1.51. The lowest BCUT2D eigenvalue weighted by atomic mass is 10.1. The van der Waals surface area contributed by atoms with Gasteiger partial charge in [0.1, 0.15) is 5.52 Å². The van der Waals surface area contributed by atoms with Gasteiger partial charge in [-0.05, 0) is 31.0 Å². The minimum absolute atomic E-state index is 0.235. The average Bonchev–Trinajstić information content (AvgIpc) is 2.39. The van der Waals surface area contributed by atoms with Crippen molar-refractivity contribution in [1.82, 2.24) is 4.98 Å². The van der Waals surface area contributed by atoms with E-state index in [-0.39, 0.29) is 6.01 Å². The van der Waals surface area contributed by atoms with Crippen molar-refractivity contribution in [2.45, 2.75) is 13.8 Å². The fraction of sp³-hybridized carbons (Fsp3) is 0.222. The summed E-state index contributed by atoms with van der Waals surface area (Å²) < 4.78 is 5.25. The lowest BCUT2D eigenvalue weighted by molar-refractivity contribution is 0.623. The van der Waals surface area contributed by atoms with E-state index >= 15 is 0 Å². The lowest BCUT2D eigenvalue weighted by Gasteiger charge is -1.96. The predicted octanol–water partition coefficient (Wildman–Crippen LogP) is 2.03. The summed E-state index contributed by atoms with van der Waals surface area (Å²) in [6, 6.07) is 4.16. The molecule has 0 amide bonds. The molecule has 0 spiro atoms. The van der Waals surface area contributed by atoms with Crippen LogP contribution in [0.4, 0.5) is 6.01 Å².